The van der Waals surface area contributed by atoms with E-state index in [0.29, 0.717) is 24.3 Å². The fraction of sp³-hybridized carbons (Fsp3) is 0.550. The van der Waals surface area contributed by atoms with E-state index in [2.05, 4.69) is 30.7 Å². The van der Waals surface area contributed by atoms with Gasteiger partial charge < -0.3 is 14.2 Å². The smallest absolute Gasteiger partial charge is 0.240 e. The van der Waals surface area contributed by atoms with Crippen LogP contribution in [0.2, 0.25) is 0 Å². The minimum atomic E-state index is -0.338. The lowest BCUT2D eigenvalue weighted by Gasteiger charge is -2.36. The molecule has 5 rings (SSSR count). The molecule has 0 spiro atoms. The lowest BCUT2D eigenvalue weighted by Crippen LogP contribution is -2.36. The third-order valence-corrected chi connectivity index (χ3v) is 6.71. The molecule has 148 valence electrons. The Kier molecular flexibility index (Phi) is 4.86. The first-order valence-electron chi connectivity index (χ1n) is 9.83. The number of aromatic nitrogens is 4. The normalized spacial score (nSPS) is 28.1. The van der Waals surface area contributed by atoms with Crippen molar-refractivity contribution in [1.82, 2.24) is 24.6 Å². The van der Waals surface area contributed by atoms with Crippen LogP contribution in [0.15, 0.2) is 35.1 Å². The summed E-state index contributed by atoms with van der Waals surface area (Å²) in [5.74, 6) is 3.33. The Morgan fingerprint density at radius 1 is 1.21 bits per heavy atom. The molecule has 1 aromatic carbocycles. The summed E-state index contributed by atoms with van der Waals surface area (Å²) < 4.78 is 7.58. The molecule has 8 heteroatoms. The molecule has 1 N–H and O–H groups in total. The predicted molar refractivity (Wildman–Crippen MR) is 108 cm³/mol. The Balaban J connectivity index is 1.29. The number of rotatable bonds is 5. The third kappa shape index (κ3) is 3.33. The van der Waals surface area contributed by atoms with Crippen molar-refractivity contribution < 1.29 is 9.63 Å². The van der Waals surface area contributed by atoms with Gasteiger partial charge in [-0.25, -0.2) is 4.98 Å². The molecule has 3 aromatic rings. The Hall–Kier alpha value is -1.90. The molecule has 28 heavy (non-hydrogen) atoms. The predicted octanol–water partition coefficient (Wildman–Crippen LogP) is 2.73. The largest absolute Gasteiger partial charge is 0.391 e. The lowest BCUT2D eigenvalue weighted by atomic mass is 9.77. The van der Waals surface area contributed by atoms with Crippen molar-refractivity contribution in [3.8, 4) is 0 Å². The van der Waals surface area contributed by atoms with Gasteiger partial charge in [0, 0.05) is 13.1 Å². The van der Waals surface area contributed by atoms with Crippen LogP contribution in [0.25, 0.3) is 11.0 Å². The zero-order valence-corrected chi connectivity index (χ0v) is 16.8. The summed E-state index contributed by atoms with van der Waals surface area (Å²) in [6.07, 6.45) is 5.39. The zero-order chi connectivity index (χ0) is 19.1. The van der Waals surface area contributed by atoms with Crippen molar-refractivity contribution in [3.63, 3.8) is 0 Å². The fourth-order valence-corrected chi connectivity index (χ4v) is 5.28. The lowest BCUT2D eigenvalue weighted by molar-refractivity contribution is 0.0374. The van der Waals surface area contributed by atoms with Crippen LogP contribution in [0.1, 0.15) is 30.6 Å². The molecule has 3 heterocycles. The molecule has 1 saturated carbocycles. The number of aliphatic hydroxyl groups excluding tert-OH is 1. The minimum Gasteiger partial charge on any atom is -0.391 e. The van der Waals surface area contributed by atoms with E-state index >= 15 is 0 Å². The van der Waals surface area contributed by atoms with E-state index in [4.69, 9.17) is 4.52 Å². The first-order valence-corrected chi connectivity index (χ1v) is 11.2. The molecule has 1 saturated heterocycles. The van der Waals surface area contributed by atoms with Crippen molar-refractivity contribution in [2.24, 2.45) is 11.8 Å². The number of aliphatic hydroxyl groups is 1. The number of hydrogen-bond donors (Lipinski definition) is 1. The van der Waals surface area contributed by atoms with Crippen molar-refractivity contribution in [2.75, 3.05) is 19.3 Å². The topological polar surface area (TPSA) is 80.2 Å². The fourth-order valence-electron chi connectivity index (χ4n) is 4.91. The van der Waals surface area contributed by atoms with Crippen molar-refractivity contribution in [3.05, 3.63) is 42.3 Å². The molecule has 0 radical (unpaired) electrons. The second-order valence-electron chi connectivity index (χ2n) is 8.00. The van der Waals surface area contributed by atoms with Gasteiger partial charge in [0.05, 0.1) is 41.8 Å². The van der Waals surface area contributed by atoms with Gasteiger partial charge in [0.25, 0.3) is 0 Å². The molecule has 1 aliphatic carbocycles. The van der Waals surface area contributed by atoms with Gasteiger partial charge in [-0.1, -0.05) is 17.3 Å². The molecular weight excluding hydrogens is 374 g/mol. The van der Waals surface area contributed by atoms with Crippen molar-refractivity contribution in [2.45, 2.75) is 37.3 Å². The van der Waals surface area contributed by atoms with E-state index in [9.17, 15) is 5.11 Å². The van der Waals surface area contributed by atoms with Crippen LogP contribution in [0, 0.1) is 11.8 Å². The van der Waals surface area contributed by atoms with Crippen LogP contribution in [0.4, 0.5) is 0 Å². The van der Waals surface area contributed by atoms with Crippen LogP contribution in [0.5, 0.6) is 0 Å². The van der Waals surface area contributed by atoms with Crippen LogP contribution < -0.4 is 0 Å². The number of fused-ring (bicyclic) bond motifs is 2. The van der Waals surface area contributed by atoms with E-state index in [0.717, 1.165) is 48.5 Å². The number of benzene rings is 1. The first kappa shape index (κ1) is 18.1. The van der Waals surface area contributed by atoms with E-state index in [1.54, 1.807) is 11.8 Å². The second-order valence-corrected chi connectivity index (χ2v) is 8.86. The maximum absolute atomic E-state index is 10.9. The molecule has 4 atom stereocenters. The summed E-state index contributed by atoms with van der Waals surface area (Å²) in [5, 5.41) is 14.9. The van der Waals surface area contributed by atoms with Gasteiger partial charge in [0.1, 0.15) is 0 Å². The molecule has 0 amide bonds. The minimum absolute atomic E-state index is 0.0881. The summed E-state index contributed by atoms with van der Waals surface area (Å²) in [4.78, 5) is 11.4. The number of hydrogen-bond acceptors (Lipinski definition) is 7. The van der Waals surface area contributed by atoms with E-state index in [1.807, 2.05) is 30.8 Å². The van der Waals surface area contributed by atoms with Gasteiger partial charge in [0.2, 0.25) is 5.89 Å². The summed E-state index contributed by atoms with van der Waals surface area (Å²) in [6.45, 7) is 2.70. The monoisotopic (exact) mass is 399 g/mol. The number of para-hydroxylation sites is 2. The Morgan fingerprint density at radius 2 is 2.04 bits per heavy atom. The SMILES string of the molecule is CSCc1noc(CN2C[C@H]3C[C@@H](n4cnc5ccccc54)[C@H](O)C[C@H]3C2)n1. The summed E-state index contributed by atoms with van der Waals surface area (Å²) in [6, 6.07) is 8.24. The summed E-state index contributed by atoms with van der Waals surface area (Å²) in [7, 11) is 0. The van der Waals surface area contributed by atoms with Crippen LogP contribution in [-0.4, -0.2) is 55.1 Å². The van der Waals surface area contributed by atoms with Gasteiger partial charge in [-0.3, -0.25) is 4.90 Å². The summed E-state index contributed by atoms with van der Waals surface area (Å²) >= 11 is 1.69. The Bertz CT molecular complexity index is 957. The first-order chi connectivity index (χ1) is 13.7. The molecule has 1 aliphatic heterocycles. The standard InChI is InChI=1S/C20H25N5O2S/c1-28-11-19-22-20(27-23-19)10-24-8-13-6-17(18(26)7-14(13)9-24)25-12-21-15-4-2-3-5-16(15)25/h2-5,12-14,17-18,26H,6-11H2,1H3/t13-,14+,17-,18-/m1/s1. The molecule has 2 fully saturated rings. The molecule has 0 bridgehead atoms. The van der Waals surface area contributed by atoms with Gasteiger partial charge in [0.15, 0.2) is 5.82 Å². The number of imidazole rings is 1. The van der Waals surface area contributed by atoms with Gasteiger partial charge in [-0.2, -0.15) is 16.7 Å². The average Bonchev–Trinajstić information content (AvgIpc) is 3.40. The molecule has 2 aliphatic rings. The molecule has 0 unspecified atom stereocenters. The van der Waals surface area contributed by atoms with Crippen LogP contribution in [0.3, 0.4) is 0 Å². The zero-order valence-electron chi connectivity index (χ0n) is 15.9. The van der Waals surface area contributed by atoms with Gasteiger partial charge in [-0.15, -0.1) is 0 Å². The second kappa shape index (κ2) is 7.50. The number of nitrogens with zero attached hydrogens (tertiary/aromatic N) is 5. The maximum Gasteiger partial charge on any atom is 0.240 e. The maximum atomic E-state index is 10.9. The number of likely N-dealkylation sites (tertiary alicyclic amines) is 1. The molecular formula is C20H25N5O2S. The van der Waals surface area contributed by atoms with E-state index < -0.39 is 0 Å². The van der Waals surface area contributed by atoms with Gasteiger partial charge >= 0.3 is 0 Å². The molecule has 7 nitrogen and oxygen atoms in total. The Labute approximate surface area is 168 Å². The summed E-state index contributed by atoms with van der Waals surface area (Å²) in [5.41, 5.74) is 2.09. The quantitative estimate of drug-likeness (QED) is 0.706. The van der Waals surface area contributed by atoms with Crippen molar-refractivity contribution >= 4 is 22.8 Å². The molecule has 2 aromatic heterocycles. The highest BCUT2D eigenvalue weighted by atomic mass is 32.2. The third-order valence-electron chi connectivity index (χ3n) is 6.17. The Morgan fingerprint density at radius 3 is 2.89 bits per heavy atom. The highest BCUT2D eigenvalue weighted by molar-refractivity contribution is 7.97. The van der Waals surface area contributed by atoms with Crippen LogP contribution in [-0.2, 0) is 12.3 Å². The van der Waals surface area contributed by atoms with Crippen LogP contribution >= 0.6 is 11.8 Å². The highest BCUT2D eigenvalue weighted by Crippen LogP contribution is 2.42. The number of thioether (sulfide) groups is 1. The van der Waals surface area contributed by atoms with Crippen molar-refractivity contribution in [1.29, 1.82) is 0 Å². The van der Waals surface area contributed by atoms with Gasteiger partial charge in [-0.05, 0) is 43.1 Å². The van der Waals surface area contributed by atoms with E-state index in [-0.39, 0.29) is 12.1 Å². The van der Waals surface area contributed by atoms with E-state index in [1.165, 1.54) is 0 Å². The highest BCUT2D eigenvalue weighted by Gasteiger charge is 2.42. The average molecular weight is 400 g/mol.